The van der Waals surface area contributed by atoms with Crippen molar-refractivity contribution in [3.05, 3.63) is 76.6 Å². The van der Waals surface area contributed by atoms with Gasteiger partial charge in [0.05, 0.1) is 17.1 Å². The highest BCUT2D eigenvalue weighted by Crippen LogP contribution is 2.23. The topological polar surface area (TPSA) is 55.0 Å². The second-order valence-electron chi connectivity index (χ2n) is 6.77. The van der Waals surface area contributed by atoms with E-state index in [0.717, 1.165) is 51.4 Å². The lowest BCUT2D eigenvalue weighted by molar-refractivity contribution is 0.310. The number of aromatic amines is 1. The van der Waals surface area contributed by atoms with Gasteiger partial charge >= 0.3 is 0 Å². The van der Waals surface area contributed by atoms with Crippen molar-refractivity contribution in [1.82, 2.24) is 9.97 Å². The number of para-hydroxylation sites is 1. The number of hydrogen-bond donors (Lipinski definition) is 1. The molecule has 0 bridgehead atoms. The lowest BCUT2D eigenvalue weighted by Gasteiger charge is -2.08. The molecular weight excluding hydrogens is 368 g/mol. The fraction of sp³-hybridized carbons (Fsp3) is 0.217. The van der Waals surface area contributed by atoms with Crippen molar-refractivity contribution in [3.8, 4) is 5.75 Å². The second kappa shape index (κ2) is 8.48. The molecule has 0 aliphatic carbocycles. The fourth-order valence-corrected chi connectivity index (χ4v) is 4.07. The van der Waals surface area contributed by atoms with E-state index in [1.807, 2.05) is 43.3 Å². The van der Waals surface area contributed by atoms with E-state index in [-0.39, 0.29) is 5.56 Å². The molecule has 0 amide bonds. The number of benzene rings is 2. The van der Waals surface area contributed by atoms with Crippen LogP contribution in [0.4, 0.5) is 0 Å². The number of hydrogen-bond acceptors (Lipinski definition) is 4. The molecule has 2 aromatic heterocycles. The highest BCUT2D eigenvalue weighted by Gasteiger charge is 2.03. The van der Waals surface area contributed by atoms with Gasteiger partial charge in [-0.1, -0.05) is 24.3 Å². The maximum absolute atomic E-state index is 11.5. The van der Waals surface area contributed by atoms with Gasteiger partial charge in [-0.2, -0.15) is 0 Å². The SMILES string of the molecule is Cc1cc(=O)[nH]c2ccc(OCCCCSc3ccc4ccccc4n3)cc12. The molecule has 0 aliphatic heterocycles. The lowest BCUT2D eigenvalue weighted by atomic mass is 10.1. The van der Waals surface area contributed by atoms with E-state index >= 15 is 0 Å². The minimum atomic E-state index is -0.0722. The first-order valence-electron chi connectivity index (χ1n) is 9.44. The largest absolute Gasteiger partial charge is 0.494 e. The van der Waals surface area contributed by atoms with E-state index in [4.69, 9.17) is 9.72 Å². The molecule has 1 N–H and O–H groups in total. The molecule has 142 valence electrons. The molecule has 0 radical (unpaired) electrons. The summed E-state index contributed by atoms with van der Waals surface area (Å²) in [6.07, 6.45) is 2.06. The van der Waals surface area contributed by atoms with Crippen LogP contribution in [0.2, 0.25) is 0 Å². The van der Waals surface area contributed by atoms with Crippen LogP contribution in [0.5, 0.6) is 5.75 Å². The Morgan fingerprint density at radius 1 is 1.04 bits per heavy atom. The van der Waals surface area contributed by atoms with Gasteiger partial charge in [0, 0.05) is 22.4 Å². The summed E-state index contributed by atoms with van der Waals surface area (Å²) < 4.78 is 5.89. The van der Waals surface area contributed by atoms with Gasteiger partial charge in [-0.05, 0) is 61.4 Å². The molecule has 4 nitrogen and oxygen atoms in total. The minimum Gasteiger partial charge on any atom is -0.494 e. The average Bonchev–Trinajstić information content (AvgIpc) is 2.70. The summed E-state index contributed by atoms with van der Waals surface area (Å²) >= 11 is 1.79. The summed E-state index contributed by atoms with van der Waals surface area (Å²) in [6.45, 7) is 2.62. The number of pyridine rings is 2. The zero-order valence-electron chi connectivity index (χ0n) is 15.8. The number of thioether (sulfide) groups is 1. The molecule has 4 rings (SSSR count). The Morgan fingerprint density at radius 3 is 2.86 bits per heavy atom. The van der Waals surface area contributed by atoms with Crippen LogP contribution in [-0.2, 0) is 0 Å². The van der Waals surface area contributed by atoms with Crippen LogP contribution in [0, 0.1) is 6.92 Å². The number of H-pyrrole nitrogens is 1. The zero-order valence-corrected chi connectivity index (χ0v) is 16.6. The first kappa shape index (κ1) is 18.6. The smallest absolute Gasteiger partial charge is 0.248 e. The molecule has 2 aromatic carbocycles. The molecule has 28 heavy (non-hydrogen) atoms. The van der Waals surface area contributed by atoms with Crippen LogP contribution in [0.3, 0.4) is 0 Å². The highest BCUT2D eigenvalue weighted by atomic mass is 32.2. The second-order valence-corrected chi connectivity index (χ2v) is 7.89. The lowest BCUT2D eigenvalue weighted by Crippen LogP contribution is -2.05. The fourth-order valence-electron chi connectivity index (χ4n) is 3.19. The van der Waals surface area contributed by atoms with Crippen LogP contribution in [0.1, 0.15) is 18.4 Å². The first-order valence-corrected chi connectivity index (χ1v) is 10.4. The molecule has 0 fully saturated rings. The number of unbranched alkanes of at least 4 members (excludes halogenated alkanes) is 1. The number of ether oxygens (including phenoxy) is 1. The zero-order chi connectivity index (χ0) is 19.3. The molecule has 4 aromatic rings. The number of aromatic nitrogens is 2. The van der Waals surface area contributed by atoms with E-state index in [1.165, 1.54) is 5.39 Å². The summed E-state index contributed by atoms with van der Waals surface area (Å²) in [6, 6.07) is 19.8. The summed E-state index contributed by atoms with van der Waals surface area (Å²) in [5, 5.41) is 3.27. The molecular formula is C23H22N2O2S. The summed E-state index contributed by atoms with van der Waals surface area (Å²) in [4.78, 5) is 19.1. The number of fused-ring (bicyclic) bond motifs is 2. The van der Waals surface area contributed by atoms with Crippen molar-refractivity contribution >= 4 is 33.6 Å². The predicted octanol–water partition coefficient (Wildman–Crippen LogP) is 5.34. The van der Waals surface area contributed by atoms with Crippen molar-refractivity contribution in [2.75, 3.05) is 12.4 Å². The molecule has 0 aliphatic rings. The van der Waals surface area contributed by atoms with Crippen molar-refractivity contribution in [3.63, 3.8) is 0 Å². The molecule has 5 heteroatoms. The Bertz CT molecular complexity index is 1170. The van der Waals surface area contributed by atoms with E-state index < -0.39 is 0 Å². The van der Waals surface area contributed by atoms with Gasteiger partial charge in [-0.3, -0.25) is 4.79 Å². The molecule has 0 spiro atoms. The molecule has 0 saturated carbocycles. The quantitative estimate of drug-likeness (QED) is 0.342. The first-order chi connectivity index (χ1) is 13.7. The van der Waals surface area contributed by atoms with E-state index in [1.54, 1.807) is 17.8 Å². The van der Waals surface area contributed by atoms with Gasteiger partial charge in [-0.25, -0.2) is 4.98 Å². The van der Waals surface area contributed by atoms with E-state index in [9.17, 15) is 4.79 Å². The average molecular weight is 391 g/mol. The van der Waals surface area contributed by atoms with Crippen molar-refractivity contribution in [2.24, 2.45) is 0 Å². The monoisotopic (exact) mass is 390 g/mol. The Hall–Kier alpha value is -2.79. The Kier molecular flexibility index (Phi) is 5.63. The van der Waals surface area contributed by atoms with Gasteiger partial charge in [0.1, 0.15) is 5.75 Å². The van der Waals surface area contributed by atoms with Crippen LogP contribution < -0.4 is 10.3 Å². The Balaban J connectivity index is 1.25. The maximum atomic E-state index is 11.5. The van der Waals surface area contributed by atoms with Crippen molar-refractivity contribution < 1.29 is 4.74 Å². The maximum Gasteiger partial charge on any atom is 0.248 e. The third kappa shape index (κ3) is 4.37. The van der Waals surface area contributed by atoms with Gasteiger partial charge < -0.3 is 9.72 Å². The van der Waals surface area contributed by atoms with E-state index in [2.05, 4.69) is 23.2 Å². The molecule has 0 atom stereocenters. The predicted molar refractivity (Wildman–Crippen MR) is 117 cm³/mol. The highest BCUT2D eigenvalue weighted by molar-refractivity contribution is 7.99. The van der Waals surface area contributed by atoms with Gasteiger partial charge in [-0.15, -0.1) is 11.8 Å². The Labute approximate surface area is 168 Å². The minimum absolute atomic E-state index is 0.0722. The summed E-state index contributed by atoms with van der Waals surface area (Å²) in [5.74, 6) is 1.86. The van der Waals surface area contributed by atoms with Crippen LogP contribution in [-0.4, -0.2) is 22.3 Å². The van der Waals surface area contributed by atoms with Gasteiger partial charge in [0.25, 0.3) is 0 Å². The van der Waals surface area contributed by atoms with Crippen LogP contribution >= 0.6 is 11.8 Å². The number of nitrogens with zero attached hydrogens (tertiary/aromatic N) is 1. The van der Waals surface area contributed by atoms with Gasteiger partial charge in [0.15, 0.2) is 0 Å². The van der Waals surface area contributed by atoms with Crippen LogP contribution in [0.25, 0.3) is 21.8 Å². The summed E-state index contributed by atoms with van der Waals surface area (Å²) in [7, 11) is 0. The van der Waals surface area contributed by atoms with Crippen LogP contribution in [0.15, 0.2) is 70.5 Å². The summed E-state index contributed by atoms with van der Waals surface area (Å²) in [5.41, 5.74) is 2.78. The van der Waals surface area contributed by atoms with Crippen molar-refractivity contribution in [1.29, 1.82) is 0 Å². The molecule has 0 unspecified atom stereocenters. The van der Waals surface area contributed by atoms with Gasteiger partial charge in [0.2, 0.25) is 5.56 Å². The molecule has 0 saturated heterocycles. The third-order valence-electron chi connectivity index (χ3n) is 4.65. The number of rotatable bonds is 7. The number of aryl methyl sites for hydroxylation is 1. The third-order valence-corrected chi connectivity index (χ3v) is 5.67. The Morgan fingerprint density at radius 2 is 1.93 bits per heavy atom. The van der Waals surface area contributed by atoms with E-state index in [0.29, 0.717) is 6.61 Å². The number of nitrogens with one attached hydrogen (secondary N) is 1. The van der Waals surface area contributed by atoms with Crippen molar-refractivity contribution in [2.45, 2.75) is 24.8 Å². The molecule has 2 heterocycles. The standard InChI is InChI=1S/C23H22N2O2S/c1-16-14-22(26)24-21-10-9-18(15-19(16)21)27-12-4-5-13-28-23-11-8-17-6-2-3-7-20(17)25-23/h2-3,6-11,14-15H,4-5,12-13H2,1H3,(H,24,26). The normalized spacial score (nSPS) is 11.2.